The van der Waals surface area contributed by atoms with Gasteiger partial charge >= 0.3 is 6.09 Å². The predicted octanol–water partition coefficient (Wildman–Crippen LogP) is 2.57. The van der Waals surface area contributed by atoms with E-state index in [-0.39, 0.29) is 11.8 Å². The van der Waals surface area contributed by atoms with Crippen molar-refractivity contribution in [3.05, 3.63) is 24.0 Å². The van der Waals surface area contributed by atoms with Crippen LogP contribution in [0.5, 0.6) is 5.75 Å². The second-order valence-corrected chi connectivity index (χ2v) is 7.07. The molecule has 23 heavy (non-hydrogen) atoms. The molecule has 0 aliphatic heterocycles. The van der Waals surface area contributed by atoms with Gasteiger partial charge in [-0.3, -0.25) is 4.98 Å². The van der Waals surface area contributed by atoms with Crippen molar-refractivity contribution in [3.63, 3.8) is 0 Å². The summed E-state index contributed by atoms with van der Waals surface area (Å²) in [5, 5.41) is 15.6. The molecule has 0 aromatic carbocycles. The summed E-state index contributed by atoms with van der Waals surface area (Å²) in [6.07, 6.45) is 4.44. The minimum Gasteiger partial charge on any atom is -0.506 e. The number of carbonyl (C=O) groups is 1. The highest BCUT2D eigenvalue weighted by Crippen LogP contribution is 2.25. The van der Waals surface area contributed by atoms with E-state index < -0.39 is 5.60 Å². The summed E-state index contributed by atoms with van der Waals surface area (Å²) in [6.45, 7) is 6.86. The molecule has 1 heterocycles. The van der Waals surface area contributed by atoms with E-state index in [0.29, 0.717) is 25.0 Å². The fraction of sp³-hybridized carbons (Fsp3) is 0.647. The van der Waals surface area contributed by atoms with Gasteiger partial charge in [0.1, 0.15) is 11.4 Å². The quantitative estimate of drug-likeness (QED) is 0.776. The van der Waals surface area contributed by atoms with E-state index in [0.717, 1.165) is 25.0 Å². The van der Waals surface area contributed by atoms with E-state index in [2.05, 4.69) is 15.6 Å². The number of carbonyl (C=O) groups excluding carboxylic acids is 1. The van der Waals surface area contributed by atoms with E-state index in [1.165, 1.54) is 6.20 Å². The molecule has 1 aromatic heterocycles. The van der Waals surface area contributed by atoms with Crippen LogP contribution in [0.3, 0.4) is 0 Å². The van der Waals surface area contributed by atoms with Crippen LogP contribution < -0.4 is 10.6 Å². The number of pyridine rings is 1. The molecule has 1 aliphatic carbocycles. The summed E-state index contributed by atoms with van der Waals surface area (Å²) in [4.78, 5) is 15.9. The topological polar surface area (TPSA) is 83.5 Å². The maximum absolute atomic E-state index is 11.7. The number of amides is 1. The fourth-order valence-corrected chi connectivity index (χ4v) is 2.84. The van der Waals surface area contributed by atoms with Crippen LogP contribution in [0.2, 0.25) is 0 Å². The number of aromatic nitrogens is 1. The molecular weight excluding hydrogens is 294 g/mol. The van der Waals surface area contributed by atoms with Gasteiger partial charge < -0.3 is 20.5 Å². The first-order chi connectivity index (χ1) is 10.8. The molecule has 2 atom stereocenters. The summed E-state index contributed by atoms with van der Waals surface area (Å²) in [5.74, 6) is 0.577. The molecule has 1 amide bonds. The van der Waals surface area contributed by atoms with Crippen molar-refractivity contribution in [2.45, 2.75) is 58.2 Å². The van der Waals surface area contributed by atoms with Crippen molar-refractivity contribution in [1.82, 2.24) is 15.6 Å². The highest BCUT2D eigenvalue weighted by Gasteiger charge is 2.27. The van der Waals surface area contributed by atoms with Crippen molar-refractivity contribution in [1.29, 1.82) is 0 Å². The molecule has 1 fully saturated rings. The largest absolute Gasteiger partial charge is 0.506 e. The number of aromatic hydroxyl groups is 1. The average molecular weight is 321 g/mol. The Labute approximate surface area is 137 Å². The Morgan fingerprint density at radius 1 is 1.39 bits per heavy atom. The van der Waals surface area contributed by atoms with Crippen molar-refractivity contribution >= 4 is 6.09 Å². The number of rotatable bonds is 5. The first-order valence-electron chi connectivity index (χ1n) is 8.17. The smallest absolute Gasteiger partial charge is 0.407 e. The minimum absolute atomic E-state index is 0.175. The lowest BCUT2D eigenvalue weighted by atomic mass is 10.0. The van der Waals surface area contributed by atoms with Crippen LogP contribution in [0, 0.1) is 5.92 Å². The van der Waals surface area contributed by atoms with Gasteiger partial charge in [0.05, 0.1) is 11.9 Å². The number of nitrogens with zero attached hydrogens (tertiary/aromatic N) is 1. The van der Waals surface area contributed by atoms with Crippen LogP contribution in [0.15, 0.2) is 18.3 Å². The SMILES string of the molecule is CC(C)(C)OC(=O)NCC1CCCC1NCc1ccc(O)cn1. The molecule has 0 radical (unpaired) electrons. The van der Waals surface area contributed by atoms with Crippen molar-refractivity contribution in [3.8, 4) is 5.75 Å². The van der Waals surface area contributed by atoms with Gasteiger partial charge in [-0.2, -0.15) is 0 Å². The van der Waals surface area contributed by atoms with Crippen molar-refractivity contribution in [2.24, 2.45) is 5.92 Å². The Morgan fingerprint density at radius 2 is 2.17 bits per heavy atom. The van der Waals surface area contributed by atoms with Crippen LogP contribution in [0.1, 0.15) is 45.7 Å². The number of nitrogens with one attached hydrogen (secondary N) is 2. The van der Waals surface area contributed by atoms with Crippen LogP contribution in [-0.4, -0.2) is 34.4 Å². The van der Waals surface area contributed by atoms with Crippen molar-refractivity contribution < 1.29 is 14.6 Å². The molecule has 128 valence electrons. The lowest BCUT2D eigenvalue weighted by Crippen LogP contribution is -2.40. The van der Waals surface area contributed by atoms with Gasteiger partial charge in [-0.1, -0.05) is 6.42 Å². The van der Waals surface area contributed by atoms with Crippen molar-refractivity contribution in [2.75, 3.05) is 6.54 Å². The van der Waals surface area contributed by atoms with Crippen LogP contribution in [0.25, 0.3) is 0 Å². The number of hydrogen-bond acceptors (Lipinski definition) is 5. The Hall–Kier alpha value is -1.82. The minimum atomic E-state index is -0.470. The molecule has 6 heteroatoms. The molecule has 1 aliphatic rings. The van der Waals surface area contributed by atoms with Crippen LogP contribution in [-0.2, 0) is 11.3 Å². The summed E-state index contributed by atoms with van der Waals surface area (Å²) in [5.41, 5.74) is 0.427. The molecule has 2 unspecified atom stereocenters. The zero-order chi connectivity index (χ0) is 16.9. The molecule has 0 bridgehead atoms. The molecule has 1 aromatic rings. The Balaban J connectivity index is 1.76. The monoisotopic (exact) mass is 321 g/mol. The third kappa shape index (κ3) is 6.06. The highest BCUT2D eigenvalue weighted by atomic mass is 16.6. The van der Waals surface area contributed by atoms with E-state index >= 15 is 0 Å². The van der Waals surface area contributed by atoms with Gasteiger partial charge in [-0.05, 0) is 51.7 Å². The Morgan fingerprint density at radius 3 is 2.83 bits per heavy atom. The molecule has 3 N–H and O–H groups in total. The second kappa shape index (κ2) is 7.64. The first kappa shape index (κ1) is 17.5. The normalized spacial score (nSPS) is 21.2. The highest BCUT2D eigenvalue weighted by molar-refractivity contribution is 5.67. The molecule has 0 spiro atoms. The molecule has 2 rings (SSSR count). The number of hydrogen-bond donors (Lipinski definition) is 3. The van der Waals surface area contributed by atoms with E-state index in [1.54, 1.807) is 6.07 Å². The summed E-state index contributed by atoms with van der Waals surface area (Å²) >= 11 is 0. The average Bonchev–Trinajstić information content (AvgIpc) is 2.90. The van der Waals surface area contributed by atoms with Gasteiger partial charge in [-0.15, -0.1) is 0 Å². The van der Waals surface area contributed by atoms with Gasteiger partial charge in [-0.25, -0.2) is 4.79 Å². The van der Waals surface area contributed by atoms with Gasteiger partial charge in [0.15, 0.2) is 0 Å². The molecular formula is C17H27N3O3. The van der Waals surface area contributed by atoms with Gasteiger partial charge in [0.25, 0.3) is 0 Å². The van der Waals surface area contributed by atoms with E-state index in [4.69, 9.17) is 4.74 Å². The standard InChI is InChI=1S/C17H27N3O3/c1-17(2,3)23-16(22)20-9-12-5-4-6-15(12)19-10-13-7-8-14(21)11-18-13/h7-8,11-12,15,19,21H,4-6,9-10H2,1-3H3,(H,20,22). The molecule has 6 nitrogen and oxygen atoms in total. The number of alkyl carbamates (subject to hydrolysis) is 1. The molecule has 1 saturated carbocycles. The third-order valence-corrected chi connectivity index (χ3v) is 3.92. The summed E-state index contributed by atoms with van der Waals surface area (Å²) < 4.78 is 5.27. The first-order valence-corrected chi connectivity index (χ1v) is 8.17. The zero-order valence-electron chi connectivity index (χ0n) is 14.1. The maximum atomic E-state index is 11.7. The Bertz CT molecular complexity index is 511. The summed E-state index contributed by atoms with van der Waals surface area (Å²) in [7, 11) is 0. The van der Waals surface area contributed by atoms with E-state index in [9.17, 15) is 9.90 Å². The number of ether oxygens (including phenoxy) is 1. The third-order valence-electron chi connectivity index (χ3n) is 3.92. The van der Waals surface area contributed by atoms with Gasteiger partial charge in [0, 0.05) is 19.1 Å². The molecule has 0 saturated heterocycles. The predicted molar refractivity (Wildman–Crippen MR) is 88.1 cm³/mol. The lowest BCUT2D eigenvalue weighted by Gasteiger charge is -2.23. The lowest BCUT2D eigenvalue weighted by molar-refractivity contribution is 0.0517. The van der Waals surface area contributed by atoms with Crippen LogP contribution >= 0.6 is 0 Å². The van der Waals surface area contributed by atoms with Crippen LogP contribution in [0.4, 0.5) is 4.79 Å². The van der Waals surface area contributed by atoms with E-state index in [1.807, 2.05) is 26.8 Å². The fourth-order valence-electron chi connectivity index (χ4n) is 2.84. The maximum Gasteiger partial charge on any atom is 0.407 e. The van der Waals surface area contributed by atoms with Gasteiger partial charge in [0.2, 0.25) is 0 Å². The summed E-state index contributed by atoms with van der Waals surface area (Å²) in [6, 6.07) is 3.81. The second-order valence-electron chi connectivity index (χ2n) is 7.07. The zero-order valence-corrected chi connectivity index (χ0v) is 14.1. The Kier molecular flexibility index (Phi) is 5.82.